The fraction of sp³-hybridized carbons (Fsp3) is 0.0870. The lowest BCUT2D eigenvalue weighted by Crippen LogP contribution is -1.96. The van der Waals surface area contributed by atoms with Gasteiger partial charge < -0.3 is 14.6 Å². The minimum Gasteiger partial charge on any atom is -0.497 e. The number of nitrogens with one attached hydrogen (secondary N) is 1. The Morgan fingerprint density at radius 3 is 2.33 bits per heavy atom. The molecule has 0 aliphatic heterocycles. The molecular weight excluding hydrogens is 334 g/mol. The van der Waals surface area contributed by atoms with E-state index in [4.69, 9.17) is 9.72 Å². The Kier molecular flexibility index (Phi) is 3.50. The van der Waals surface area contributed by atoms with Crippen LogP contribution in [0.1, 0.15) is 0 Å². The number of nitrogens with zero attached hydrogens (tertiary/aromatic N) is 2. The zero-order chi connectivity index (χ0) is 18.4. The Morgan fingerprint density at radius 1 is 0.852 bits per heavy atom. The number of rotatable bonds is 3. The van der Waals surface area contributed by atoms with Gasteiger partial charge in [0.1, 0.15) is 11.4 Å². The third-order valence-electron chi connectivity index (χ3n) is 5.09. The molecule has 27 heavy (non-hydrogen) atoms. The summed E-state index contributed by atoms with van der Waals surface area (Å²) in [6.07, 6.45) is 0. The van der Waals surface area contributed by atoms with Gasteiger partial charge in [-0.1, -0.05) is 36.4 Å². The average Bonchev–Trinajstić information content (AvgIpc) is 3.01. The number of aromatic nitrogens is 2. The van der Waals surface area contributed by atoms with Crippen molar-refractivity contribution in [3.63, 3.8) is 0 Å². The molecule has 0 saturated heterocycles. The maximum atomic E-state index is 5.28. The maximum absolute atomic E-state index is 5.28. The van der Waals surface area contributed by atoms with Crippen LogP contribution in [-0.2, 0) is 7.05 Å². The van der Waals surface area contributed by atoms with E-state index in [0.29, 0.717) is 0 Å². The van der Waals surface area contributed by atoms with Crippen LogP contribution in [0.4, 0.5) is 11.4 Å². The van der Waals surface area contributed by atoms with E-state index in [-0.39, 0.29) is 0 Å². The SMILES string of the molecule is COc1ccc(Nc2c3ccccc3nc3c2c2ccccc2n3C)cc1. The van der Waals surface area contributed by atoms with Crippen LogP contribution in [0, 0.1) is 0 Å². The summed E-state index contributed by atoms with van der Waals surface area (Å²) in [6, 6.07) is 24.7. The number of hydrogen-bond acceptors (Lipinski definition) is 3. The van der Waals surface area contributed by atoms with Crippen molar-refractivity contribution in [1.29, 1.82) is 0 Å². The van der Waals surface area contributed by atoms with Crippen LogP contribution in [0.5, 0.6) is 5.75 Å². The topological polar surface area (TPSA) is 39.1 Å². The lowest BCUT2D eigenvalue weighted by atomic mass is 10.1. The molecule has 2 heterocycles. The molecule has 0 radical (unpaired) electrons. The first-order valence-corrected chi connectivity index (χ1v) is 8.93. The van der Waals surface area contributed by atoms with E-state index in [2.05, 4.69) is 59.4 Å². The molecule has 0 spiro atoms. The molecule has 0 saturated carbocycles. The van der Waals surface area contributed by atoms with Gasteiger partial charge >= 0.3 is 0 Å². The molecule has 5 rings (SSSR count). The molecule has 132 valence electrons. The molecule has 0 unspecified atom stereocenters. The van der Waals surface area contributed by atoms with Gasteiger partial charge in [0.2, 0.25) is 0 Å². The lowest BCUT2D eigenvalue weighted by molar-refractivity contribution is 0.415. The summed E-state index contributed by atoms with van der Waals surface area (Å²) in [4.78, 5) is 4.95. The second-order valence-corrected chi connectivity index (χ2v) is 6.63. The van der Waals surface area contributed by atoms with Crippen molar-refractivity contribution in [3.05, 3.63) is 72.8 Å². The van der Waals surface area contributed by atoms with Crippen LogP contribution in [0.3, 0.4) is 0 Å². The van der Waals surface area contributed by atoms with E-state index in [0.717, 1.165) is 39.1 Å². The highest BCUT2D eigenvalue weighted by atomic mass is 16.5. The summed E-state index contributed by atoms with van der Waals surface area (Å²) in [7, 11) is 3.75. The van der Waals surface area contributed by atoms with Gasteiger partial charge in [0.15, 0.2) is 0 Å². The number of anilines is 2. The fourth-order valence-corrected chi connectivity index (χ4v) is 3.74. The van der Waals surface area contributed by atoms with Crippen molar-refractivity contribution >= 4 is 44.2 Å². The summed E-state index contributed by atoms with van der Waals surface area (Å²) in [6.45, 7) is 0. The van der Waals surface area contributed by atoms with Crippen molar-refractivity contribution in [2.24, 2.45) is 7.05 Å². The standard InChI is InChI=1S/C23H19N3O/c1-26-20-10-6-4-8-18(20)21-22(24-15-11-13-16(27-2)14-12-15)17-7-3-5-9-19(17)25-23(21)26/h3-14H,1-2H3,(H,24,25). The molecular formula is C23H19N3O. The van der Waals surface area contributed by atoms with E-state index >= 15 is 0 Å². The summed E-state index contributed by atoms with van der Waals surface area (Å²) in [5, 5.41) is 7.09. The van der Waals surface area contributed by atoms with Crippen molar-refractivity contribution < 1.29 is 4.74 Å². The first kappa shape index (κ1) is 15.7. The van der Waals surface area contributed by atoms with Crippen molar-refractivity contribution in [2.45, 2.75) is 0 Å². The molecule has 4 heteroatoms. The molecule has 0 atom stereocenters. The number of methoxy groups -OCH3 is 1. The van der Waals surface area contributed by atoms with E-state index < -0.39 is 0 Å². The van der Waals surface area contributed by atoms with Crippen molar-refractivity contribution in [2.75, 3.05) is 12.4 Å². The molecule has 5 aromatic rings. The Morgan fingerprint density at radius 2 is 1.56 bits per heavy atom. The van der Waals surface area contributed by atoms with Crippen LogP contribution in [0.15, 0.2) is 72.8 Å². The van der Waals surface area contributed by atoms with E-state index in [1.807, 2.05) is 30.3 Å². The highest BCUT2D eigenvalue weighted by Crippen LogP contribution is 2.38. The Hall–Kier alpha value is -3.53. The minimum atomic E-state index is 0.843. The third-order valence-corrected chi connectivity index (χ3v) is 5.09. The van der Waals surface area contributed by atoms with Crippen LogP contribution >= 0.6 is 0 Å². The van der Waals surface area contributed by atoms with Crippen molar-refractivity contribution in [3.8, 4) is 5.75 Å². The predicted octanol–water partition coefficient (Wildman–Crippen LogP) is 5.63. The zero-order valence-corrected chi connectivity index (χ0v) is 15.2. The number of benzene rings is 3. The van der Waals surface area contributed by atoms with Gasteiger partial charge in [-0.3, -0.25) is 0 Å². The second kappa shape index (κ2) is 6.02. The van der Waals surface area contributed by atoms with Crippen LogP contribution in [0.25, 0.3) is 32.8 Å². The summed E-state index contributed by atoms with van der Waals surface area (Å²) >= 11 is 0. The largest absolute Gasteiger partial charge is 0.497 e. The molecule has 0 amide bonds. The quantitative estimate of drug-likeness (QED) is 0.457. The molecule has 4 nitrogen and oxygen atoms in total. The highest BCUT2D eigenvalue weighted by molar-refractivity contribution is 6.19. The molecule has 1 N–H and O–H groups in total. The molecule has 0 bridgehead atoms. The summed E-state index contributed by atoms with van der Waals surface area (Å²) in [5.41, 5.74) is 5.23. The monoisotopic (exact) mass is 353 g/mol. The van der Waals surface area contributed by atoms with Gasteiger partial charge in [-0.05, 0) is 36.4 Å². The maximum Gasteiger partial charge on any atom is 0.143 e. The Bertz CT molecular complexity index is 1290. The fourth-order valence-electron chi connectivity index (χ4n) is 3.74. The van der Waals surface area contributed by atoms with Gasteiger partial charge in [-0.2, -0.15) is 0 Å². The summed E-state index contributed by atoms with van der Waals surface area (Å²) < 4.78 is 7.44. The lowest BCUT2D eigenvalue weighted by Gasteiger charge is -2.12. The molecule has 0 aliphatic carbocycles. The van der Waals surface area contributed by atoms with Gasteiger partial charge in [0.05, 0.1) is 29.2 Å². The van der Waals surface area contributed by atoms with Gasteiger partial charge in [0.25, 0.3) is 0 Å². The predicted molar refractivity (Wildman–Crippen MR) is 112 cm³/mol. The molecule has 0 aliphatic rings. The van der Waals surface area contributed by atoms with Crippen LogP contribution in [-0.4, -0.2) is 16.7 Å². The van der Waals surface area contributed by atoms with E-state index in [1.54, 1.807) is 7.11 Å². The Labute approximate surface area is 157 Å². The highest BCUT2D eigenvalue weighted by Gasteiger charge is 2.16. The third kappa shape index (κ3) is 2.41. The zero-order valence-electron chi connectivity index (χ0n) is 15.2. The molecule has 2 aromatic heterocycles. The van der Waals surface area contributed by atoms with E-state index in [9.17, 15) is 0 Å². The number of pyridine rings is 1. The number of para-hydroxylation sites is 2. The van der Waals surface area contributed by atoms with Gasteiger partial charge in [-0.15, -0.1) is 0 Å². The van der Waals surface area contributed by atoms with Crippen molar-refractivity contribution in [1.82, 2.24) is 9.55 Å². The molecule has 3 aromatic carbocycles. The smallest absolute Gasteiger partial charge is 0.143 e. The number of hydrogen-bond donors (Lipinski definition) is 1. The second-order valence-electron chi connectivity index (χ2n) is 6.63. The molecule has 0 fully saturated rings. The summed E-state index contributed by atoms with van der Waals surface area (Å²) in [5.74, 6) is 0.843. The minimum absolute atomic E-state index is 0.843. The van der Waals surface area contributed by atoms with Gasteiger partial charge in [-0.25, -0.2) is 4.98 Å². The van der Waals surface area contributed by atoms with Crippen LogP contribution in [0.2, 0.25) is 0 Å². The first-order valence-electron chi connectivity index (χ1n) is 8.93. The normalized spacial score (nSPS) is 11.3. The average molecular weight is 353 g/mol. The first-order chi connectivity index (χ1) is 13.3. The number of fused-ring (bicyclic) bond motifs is 4. The number of ether oxygens (including phenoxy) is 1. The van der Waals surface area contributed by atoms with E-state index in [1.165, 1.54) is 10.9 Å². The number of aryl methyl sites for hydroxylation is 1. The Balaban J connectivity index is 1.84. The van der Waals surface area contributed by atoms with Crippen LogP contribution < -0.4 is 10.1 Å². The van der Waals surface area contributed by atoms with Gasteiger partial charge in [0, 0.05) is 23.5 Å².